The van der Waals surface area contributed by atoms with Crippen LogP contribution in [0, 0.1) is 0 Å². The third kappa shape index (κ3) is 7.49. The molecule has 20 heavy (non-hydrogen) atoms. The molecule has 7 nitrogen and oxygen atoms in total. The van der Waals surface area contributed by atoms with E-state index in [0.717, 1.165) is 6.42 Å². The van der Waals surface area contributed by atoms with Crippen LogP contribution in [0.15, 0.2) is 0 Å². The Balaban J connectivity index is 1.91. The van der Waals surface area contributed by atoms with E-state index in [2.05, 4.69) is 0 Å². The molecule has 7 heteroatoms. The molecule has 1 aliphatic heterocycles. The van der Waals surface area contributed by atoms with Gasteiger partial charge in [0.25, 0.3) is 0 Å². The van der Waals surface area contributed by atoms with Gasteiger partial charge in [0.15, 0.2) is 6.29 Å². The molecule has 0 radical (unpaired) electrons. The van der Waals surface area contributed by atoms with E-state index in [1.807, 2.05) is 0 Å². The Labute approximate surface area is 119 Å². The van der Waals surface area contributed by atoms with Crippen molar-refractivity contribution in [2.45, 2.75) is 37.8 Å². The van der Waals surface area contributed by atoms with Gasteiger partial charge in [0.05, 0.1) is 39.1 Å². The second kappa shape index (κ2) is 11.4. The monoisotopic (exact) mass is 293 g/mol. The highest BCUT2D eigenvalue weighted by atomic mass is 16.7. The molecule has 1 fully saturated rings. The zero-order valence-electron chi connectivity index (χ0n) is 11.9. The molecular weight excluding hydrogens is 266 g/mol. The molecule has 1 aliphatic rings. The van der Waals surface area contributed by atoms with Crippen molar-refractivity contribution in [3.8, 4) is 0 Å². The Hall–Kier alpha value is -0.280. The lowest BCUT2D eigenvalue weighted by molar-refractivity contribution is -0.230. The molecule has 0 aliphatic carbocycles. The molecule has 0 aromatic carbocycles. The summed E-state index contributed by atoms with van der Waals surface area (Å²) >= 11 is 0. The third-order valence-electron chi connectivity index (χ3n) is 3.00. The lowest BCUT2D eigenvalue weighted by atomic mass is 10.1. The van der Waals surface area contributed by atoms with E-state index >= 15 is 0 Å². The van der Waals surface area contributed by atoms with Crippen molar-refractivity contribution in [3.63, 3.8) is 0 Å². The van der Waals surface area contributed by atoms with E-state index in [0.29, 0.717) is 52.4 Å². The number of ether oxygens (including phenoxy) is 4. The first-order valence-corrected chi connectivity index (χ1v) is 7.19. The van der Waals surface area contributed by atoms with Gasteiger partial charge in [-0.3, -0.25) is 0 Å². The zero-order chi connectivity index (χ0) is 14.6. The predicted molar refractivity (Wildman–Crippen MR) is 72.2 cm³/mol. The maximum Gasteiger partial charge on any atom is 0.158 e. The van der Waals surface area contributed by atoms with Gasteiger partial charge in [0.1, 0.15) is 6.10 Å². The predicted octanol–water partition coefficient (Wildman–Crippen LogP) is -0.757. The van der Waals surface area contributed by atoms with Gasteiger partial charge < -0.3 is 34.9 Å². The number of hydrogen-bond acceptors (Lipinski definition) is 7. The van der Waals surface area contributed by atoms with Gasteiger partial charge >= 0.3 is 0 Å². The second-order valence-electron chi connectivity index (χ2n) is 4.67. The van der Waals surface area contributed by atoms with Crippen LogP contribution >= 0.6 is 0 Å². The fourth-order valence-corrected chi connectivity index (χ4v) is 1.91. The van der Waals surface area contributed by atoms with Gasteiger partial charge in [0, 0.05) is 19.6 Å². The lowest BCUT2D eigenvalue weighted by Crippen LogP contribution is -2.42. The normalized spacial score (nSPS) is 26.9. The Morgan fingerprint density at radius 2 is 1.80 bits per heavy atom. The van der Waals surface area contributed by atoms with E-state index in [1.54, 1.807) is 0 Å². The lowest BCUT2D eigenvalue weighted by Gasteiger charge is -2.32. The van der Waals surface area contributed by atoms with Crippen LogP contribution in [0.1, 0.15) is 19.3 Å². The maximum absolute atomic E-state index is 9.54. The summed E-state index contributed by atoms with van der Waals surface area (Å²) in [6.07, 6.45) is 0.518. The quantitative estimate of drug-likeness (QED) is 0.430. The molecule has 0 bridgehead atoms. The van der Waals surface area contributed by atoms with Gasteiger partial charge in [-0.05, 0) is 12.8 Å². The maximum atomic E-state index is 9.54. The minimum atomic E-state index is -0.600. The molecule has 1 heterocycles. The average molecular weight is 293 g/mol. The molecule has 4 N–H and O–H groups in total. The number of aliphatic hydroxyl groups excluding tert-OH is 2. The van der Waals surface area contributed by atoms with Crippen LogP contribution < -0.4 is 5.73 Å². The largest absolute Gasteiger partial charge is 0.394 e. The van der Waals surface area contributed by atoms with Crippen LogP contribution in [0.5, 0.6) is 0 Å². The molecule has 120 valence electrons. The van der Waals surface area contributed by atoms with Gasteiger partial charge in [-0.15, -0.1) is 0 Å². The average Bonchev–Trinajstić information content (AvgIpc) is 2.47. The van der Waals surface area contributed by atoms with E-state index in [9.17, 15) is 5.11 Å². The van der Waals surface area contributed by atoms with Crippen molar-refractivity contribution < 1.29 is 29.2 Å². The molecule has 0 amide bonds. The molecule has 1 rings (SSSR count). The Morgan fingerprint density at radius 1 is 1.05 bits per heavy atom. The molecule has 1 saturated heterocycles. The van der Waals surface area contributed by atoms with Crippen molar-refractivity contribution in [2.24, 2.45) is 5.73 Å². The summed E-state index contributed by atoms with van der Waals surface area (Å²) in [5.74, 6) is 0. The van der Waals surface area contributed by atoms with Crippen molar-refractivity contribution >= 4 is 0 Å². The van der Waals surface area contributed by atoms with Crippen LogP contribution in [0.2, 0.25) is 0 Å². The topological polar surface area (TPSA) is 103 Å². The summed E-state index contributed by atoms with van der Waals surface area (Å²) in [4.78, 5) is 0. The fourth-order valence-electron chi connectivity index (χ4n) is 1.91. The third-order valence-corrected chi connectivity index (χ3v) is 3.00. The van der Waals surface area contributed by atoms with Crippen molar-refractivity contribution in [2.75, 3.05) is 46.2 Å². The van der Waals surface area contributed by atoms with E-state index in [4.69, 9.17) is 29.8 Å². The molecule has 0 saturated carbocycles. The van der Waals surface area contributed by atoms with Crippen LogP contribution in [0.25, 0.3) is 0 Å². The highest BCUT2D eigenvalue weighted by Crippen LogP contribution is 2.20. The van der Waals surface area contributed by atoms with Crippen molar-refractivity contribution in [1.29, 1.82) is 0 Å². The number of rotatable bonds is 11. The summed E-state index contributed by atoms with van der Waals surface area (Å²) in [6.45, 7) is 3.14. The van der Waals surface area contributed by atoms with Crippen LogP contribution in [-0.2, 0) is 18.9 Å². The number of hydrogen-bond donors (Lipinski definition) is 3. The Morgan fingerprint density at radius 3 is 2.50 bits per heavy atom. The standard InChI is InChI=1S/C13H27NO6/c14-4-7-18-9-8-17-5-1-6-19-13-3-2-11(16)12(10-15)20-13/h11-13,15-16H,1-10,14H2. The van der Waals surface area contributed by atoms with Crippen molar-refractivity contribution in [1.82, 2.24) is 0 Å². The minimum Gasteiger partial charge on any atom is -0.394 e. The molecule has 3 atom stereocenters. The Bertz CT molecular complexity index is 231. The summed E-state index contributed by atoms with van der Waals surface area (Å²) in [7, 11) is 0. The summed E-state index contributed by atoms with van der Waals surface area (Å²) in [6, 6.07) is 0. The van der Waals surface area contributed by atoms with E-state index in [1.165, 1.54) is 0 Å². The van der Waals surface area contributed by atoms with Gasteiger partial charge in [0.2, 0.25) is 0 Å². The van der Waals surface area contributed by atoms with Crippen LogP contribution in [-0.4, -0.2) is 74.9 Å². The van der Waals surface area contributed by atoms with Crippen LogP contribution in [0.4, 0.5) is 0 Å². The molecule has 0 aromatic heterocycles. The SMILES string of the molecule is NCCOCCOCCCOC1CCC(O)C(CO)O1. The van der Waals surface area contributed by atoms with E-state index in [-0.39, 0.29) is 12.9 Å². The zero-order valence-corrected chi connectivity index (χ0v) is 11.9. The van der Waals surface area contributed by atoms with Crippen molar-refractivity contribution in [3.05, 3.63) is 0 Å². The molecular formula is C13H27NO6. The first-order valence-electron chi connectivity index (χ1n) is 7.19. The number of aliphatic hydroxyl groups is 2. The first-order chi connectivity index (χ1) is 9.77. The fraction of sp³-hybridized carbons (Fsp3) is 1.00. The van der Waals surface area contributed by atoms with Gasteiger partial charge in [-0.2, -0.15) is 0 Å². The summed E-state index contributed by atoms with van der Waals surface area (Å²) in [5.41, 5.74) is 5.28. The van der Waals surface area contributed by atoms with Gasteiger partial charge in [-0.25, -0.2) is 0 Å². The first kappa shape index (κ1) is 17.8. The summed E-state index contributed by atoms with van der Waals surface area (Å²) in [5, 5.41) is 18.6. The highest BCUT2D eigenvalue weighted by molar-refractivity contribution is 4.74. The van der Waals surface area contributed by atoms with Crippen LogP contribution in [0.3, 0.4) is 0 Å². The molecule has 3 unspecified atom stereocenters. The second-order valence-corrected chi connectivity index (χ2v) is 4.67. The smallest absolute Gasteiger partial charge is 0.158 e. The van der Waals surface area contributed by atoms with E-state index < -0.39 is 12.2 Å². The minimum absolute atomic E-state index is 0.188. The highest BCUT2D eigenvalue weighted by Gasteiger charge is 2.29. The summed E-state index contributed by atoms with van der Waals surface area (Å²) < 4.78 is 21.5. The Kier molecular flexibility index (Phi) is 10.1. The molecule has 0 spiro atoms. The number of nitrogens with two attached hydrogens (primary N) is 1. The van der Waals surface area contributed by atoms with Gasteiger partial charge in [-0.1, -0.05) is 0 Å². The molecule has 0 aromatic rings.